The van der Waals surface area contributed by atoms with E-state index in [9.17, 15) is 0 Å². The van der Waals surface area contributed by atoms with E-state index in [1.165, 1.54) is 31.4 Å². The quantitative estimate of drug-likeness (QED) is 0.620. The lowest BCUT2D eigenvalue weighted by Gasteiger charge is -2.37. The summed E-state index contributed by atoms with van der Waals surface area (Å²) in [6.45, 7) is 5.40. The van der Waals surface area contributed by atoms with Crippen molar-refractivity contribution in [1.82, 2.24) is 15.2 Å². The van der Waals surface area contributed by atoms with Gasteiger partial charge in [0.25, 0.3) is 0 Å². The molecule has 1 aliphatic carbocycles. The molecule has 0 spiro atoms. The van der Waals surface area contributed by atoms with Crippen LogP contribution in [0.1, 0.15) is 64.1 Å². The van der Waals surface area contributed by atoms with Crippen molar-refractivity contribution in [2.45, 2.75) is 65.0 Å². The molecule has 0 bridgehead atoms. The molecule has 0 aromatic carbocycles. The van der Waals surface area contributed by atoms with Crippen molar-refractivity contribution in [3.63, 3.8) is 0 Å². The monoisotopic (exact) mass is 328 g/mol. The third-order valence-corrected chi connectivity index (χ3v) is 5.24. The van der Waals surface area contributed by atoms with Gasteiger partial charge in [0.1, 0.15) is 0 Å². The Morgan fingerprint density at radius 3 is 2.68 bits per heavy atom. The predicted molar refractivity (Wildman–Crippen MR) is 81.5 cm³/mol. The van der Waals surface area contributed by atoms with Gasteiger partial charge in [-0.25, -0.2) is 0 Å². The Morgan fingerprint density at radius 2 is 2.16 bits per heavy atom. The summed E-state index contributed by atoms with van der Waals surface area (Å²) in [6.07, 6.45) is 9.26. The number of nitrogens with one attached hydrogen (secondary N) is 1. The van der Waals surface area contributed by atoms with Crippen LogP contribution < -0.4 is 11.3 Å². The van der Waals surface area contributed by atoms with Crippen molar-refractivity contribution < 1.29 is 0 Å². The molecule has 0 amide bonds. The van der Waals surface area contributed by atoms with Gasteiger partial charge in [0.15, 0.2) is 0 Å². The van der Waals surface area contributed by atoms with Crippen molar-refractivity contribution in [1.29, 1.82) is 0 Å². The summed E-state index contributed by atoms with van der Waals surface area (Å²) >= 11 is 3.65. The average molecular weight is 329 g/mol. The molecule has 4 nitrogen and oxygen atoms in total. The number of aromatic nitrogens is 2. The van der Waals surface area contributed by atoms with Crippen molar-refractivity contribution >= 4 is 15.9 Å². The summed E-state index contributed by atoms with van der Waals surface area (Å²) in [5.74, 6) is 5.93. The zero-order chi connectivity index (χ0) is 13.9. The van der Waals surface area contributed by atoms with E-state index in [-0.39, 0.29) is 11.5 Å². The van der Waals surface area contributed by atoms with Gasteiger partial charge < -0.3 is 0 Å². The number of hydrogen-bond donors (Lipinski definition) is 2. The van der Waals surface area contributed by atoms with Crippen LogP contribution in [0.5, 0.6) is 0 Å². The second kappa shape index (κ2) is 6.37. The molecule has 3 N–H and O–H groups in total. The summed E-state index contributed by atoms with van der Waals surface area (Å²) in [7, 11) is 0. The topological polar surface area (TPSA) is 55.9 Å². The second-order valence-electron chi connectivity index (χ2n) is 5.62. The van der Waals surface area contributed by atoms with Crippen LogP contribution in [-0.2, 0) is 6.54 Å². The molecule has 0 radical (unpaired) electrons. The summed E-state index contributed by atoms with van der Waals surface area (Å²) < 4.78 is 3.17. The molecule has 19 heavy (non-hydrogen) atoms. The van der Waals surface area contributed by atoms with E-state index in [1.54, 1.807) is 0 Å². The Hall–Kier alpha value is -0.390. The molecule has 0 saturated heterocycles. The van der Waals surface area contributed by atoms with Gasteiger partial charge >= 0.3 is 0 Å². The Kier molecular flexibility index (Phi) is 5.03. The van der Waals surface area contributed by atoms with Crippen LogP contribution in [0, 0.1) is 5.41 Å². The largest absolute Gasteiger partial charge is 0.271 e. The smallest absolute Gasteiger partial charge is 0.0714 e. The summed E-state index contributed by atoms with van der Waals surface area (Å²) in [5, 5.41) is 4.49. The fourth-order valence-corrected chi connectivity index (χ4v) is 4.05. The number of hydrogen-bond acceptors (Lipinski definition) is 3. The normalized spacial score (nSPS) is 19.8. The maximum Gasteiger partial charge on any atom is 0.0714 e. The third-order valence-electron chi connectivity index (χ3n) is 4.62. The lowest BCUT2D eigenvalue weighted by atomic mass is 9.75. The van der Waals surface area contributed by atoms with Crippen LogP contribution in [0.4, 0.5) is 0 Å². The highest BCUT2D eigenvalue weighted by atomic mass is 79.9. The molecule has 1 fully saturated rings. The molecule has 1 aromatic rings. The number of hydrazine groups is 1. The summed E-state index contributed by atoms with van der Waals surface area (Å²) in [4.78, 5) is 0. The first-order valence-corrected chi connectivity index (χ1v) is 8.15. The lowest BCUT2D eigenvalue weighted by molar-refractivity contribution is 0.178. The number of rotatable bonds is 6. The highest BCUT2D eigenvalue weighted by Gasteiger charge is 2.42. The van der Waals surface area contributed by atoms with Gasteiger partial charge in [0.2, 0.25) is 0 Å². The third kappa shape index (κ3) is 2.73. The van der Waals surface area contributed by atoms with Crippen LogP contribution in [-0.4, -0.2) is 9.78 Å². The molecule has 1 aliphatic rings. The number of nitrogens with zero attached hydrogens (tertiary/aromatic N) is 2. The van der Waals surface area contributed by atoms with E-state index in [1.807, 2.05) is 6.20 Å². The molecule has 1 unspecified atom stereocenters. The molecule has 1 saturated carbocycles. The Bertz CT molecular complexity index is 410. The molecule has 0 aliphatic heterocycles. The van der Waals surface area contributed by atoms with Gasteiger partial charge in [0, 0.05) is 6.54 Å². The molecule has 1 heterocycles. The second-order valence-corrected chi connectivity index (χ2v) is 6.48. The van der Waals surface area contributed by atoms with Gasteiger partial charge in [-0.1, -0.05) is 26.7 Å². The van der Waals surface area contributed by atoms with E-state index in [0.717, 1.165) is 23.9 Å². The van der Waals surface area contributed by atoms with Gasteiger partial charge in [-0.3, -0.25) is 16.0 Å². The fourth-order valence-electron chi connectivity index (χ4n) is 3.52. The molecular weight excluding hydrogens is 304 g/mol. The Morgan fingerprint density at radius 1 is 1.47 bits per heavy atom. The summed E-state index contributed by atoms with van der Waals surface area (Å²) in [5.41, 5.74) is 4.58. The van der Waals surface area contributed by atoms with Gasteiger partial charge in [-0.05, 0) is 47.0 Å². The minimum atomic E-state index is 0.184. The lowest BCUT2D eigenvalue weighted by Crippen LogP contribution is -2.41. The van der Waals surface area contributed by atoms with Crippen LogP contribution >= 0.6 is 15.9 Å². The highest BCUT2D eigenvalue weighted by Crippen LogP contribution is 2.50. The van der Waals surface area contributed by atoms with E-state index in [0.29, 0.717) is 0 Å². The van der Waals surface area contributed by atoms with E-state index >= 15 is 0 Å². The van der Waals surface area contributed by atoms with Crippen LogP contribution in [0.25, 0.3) is 0 Å². The van der Waals surface area contributed by atoms with Crippen LogP contribution in [0.3, 0.4) is 0 Å². The van der Waals surface area contributed by atoms with Crippen LogP contribution in [0.2, 0.25) is 0 Å². The first kappa shape index (κ1) is 15.0. The minimum absolute atomic E-state index is 0.184. The van der Waals surface area contributed by atoms with Crippen molar-refractivity contribution in [2.75, 3.05) is 0 Å². The van der Waals surface area contributed by atoms with Gasteiger partial charge in [0.05, 0.1) is 22.4 Å². The molecule has 108 valence electrons. The van der Waals surface area contributed by atoms with E-state index in [2.05, 4.69) is 45.0 Å². The maximum atomic E-state index is 5.93. The zero-order valence-electron chi connectivity index (χ0n) is 12.0. The molecule has 5 heteroatoms. The van der Waals surface area contributed by atoms with E-state index < -0.39 is 0 Å². The maximum absolute atomic E-state index is 5.93. The first-order valence-electron chi connectivity index (χ1n) is 7.36. The molecule has 1 aromatic heterocycles. The van der Waals surface area contributed by atoms with Crippen molar-refractivity contribution in [3.8, 4) is 0 Å². The fraction of sp³-hybridized carbons (Fsp3) is 0.786. The molecule has 2 rings (SSSR count). The zero-order valence-corrected chi connectivity index (χ0v) is 13.5. The molecule has 1 atom stereocenters. The Labute approximate surface area is 124 Å². The van der Waals surface area contributed by atoms with Gasteiger partial charge in [-0.15, -0.1) is 0 Å². The average Bonchev–Trinajstić information content (AvgIpc) is 3.02. The van der Waals surface area contributed by atoms with Gasteiger partial charge in [-0.2, -0.15) is 5.10 Å². The van der Waals surface area contributed by atoms with E-state index in [4.69, 9.17) is 5.84 Å². The number of nitrogens with two attached hydrogens (primary N) is 1. The van der Waals surface area contributed by atoms with Crippen LogP contribution in [0.15, 0.2) is 10.7 Å². The number of aryl methyl sites for hydroxylation is 1. The minimum Gasteiger partial charge on any atom is -0.271 e. The number of halogens is 1. The SMILES string of the molecule is CCCn1ncc(Br)c1C(NN)C1(CC)CCCC1. The highest BCUT2D eigenvalue weighted by molar-refractivity contribution is 9.10. The molecular formula is C14H25BrN4. The standard InChI is InChI=1S/C14H25BrN4/c1-3-9-19-12(11(15)10-17-19)13(18-16)14(4-2)7-5-6-8-14/h10,13,18H,3-9,16H2,1-2H3. The summed E-state index contributed by atoms with van der Waals surface area (Å²) in [6, 6.07) is 0.184. The first-order chi connectivity index (χ1) is 9.18. The van der Waals surface area contributed by atoms with Crippen molar-refractivity contribution in [3.05, 3.63) is 16.4 Å². The predicted octanol–water partition coefficient (Wildman–Crippen LogP) is 3.53. The van der Waals surface area contributed by atoms with Crippen molar-refractivity contribution in [2.24, 2.45) is 11.3 Å². The Balaban J connectivity index is 2.38.